The van der Waals surface area contributed by atoms with Gasteiger partial charge in [-0.3, -0.25) is 0 Å². The van der Waals surface area contributed by atoms with Gasteiger partial charge in [-0.15, -0.1) is 0 Å². The van der Waals surface area contributed by atoms with Gasteiger partial charge in [0, 0.05) is 32.5 Å². The van der Waals surface area contributed by atoms with Crippen LogP contribution in [0.2, 0.25) is 0 Å². The largest absolute Gasteiger partial charge is 0.493 e. The molecule has 1 unspecified atom stereocenters. The molecule has 0 bridgehead atoms. The fourth-order valence-electron chi connectivity index (χ4n) is 5.78. The lowest BCUT2D eigenvalue weighted by Gasteiger charge is -2.48. The first-order valence-corrected chi connectivity index (χ1v) is 10.1. The molecule has 1 saturated carbocycles. The van der Waals surface area contributed by atoms with E-state index in [1.807, 2.05) is 0 Å². The third-order valence-electron chi connectivity index (χ3n) is 6.63. The van der Waals surface area contributed by atoms with Gasteiger partial charge >= 0.3 is 0 Å². The van der Waals surface area contributed by atoms with Crippen LogP contribution in [0.15, 0.2) is 4.47 Å². The Labute approximate surface area is 160 Å². The van der Waals surface area contributed by atoms with Crippen molar-refractivity contribution >= 4 is 15.9 Å². The van der Waals surface area contributed by atoms with Gasteiger partial charge in [-0.1, -0.05) is 41.0 Å². The molecule has 3 nitrogen and oxygen atoms in total. The maximum absolute atomic E-state index is 11.4. The van der Waals surface area contributed by atoms with E-state index in [9.17, 15) is 5.11 Å². The summed E-state index contributed by atoms with van der Waals surface area (Å²) in [5, 5.41) is 11.4. The molecule has 0 saturated heterocycles. The Kier molecular flexibility index (Phi) is 4.69. The Bertz CT molecular complexity index is 695. The van der Waals surface area contributed by atoms with Gasteiger partial charge in [-0.25, -0.2) is 0 Å². The van der Waals surface area contributed by atoms with Crippen LogP contribution in [0, 0.1) is 11.3 Å². The molecule has 2 aliphatic carbocycles. The van der Waals surface area contributed by atoms with Crippen LogP contribution in [0.4, 0.5) is 0 Å². The van der Waals surface area contributed by atoms with Crippen molar-refractivity contribution in [3.63, 3.8) is 0 Å². The average molecular weight is 411 g/mol. The number of benzene rings is 1. The number of hydrogen-bond donors (Lipinski definition) is 1. The number of halogens is 1. The van der Waals surface area contributed by atoms with Crippen molar-refractivity contribution in [1.82, 2.24) is 0 Å². The van der Waals surface area contributed by atoms with Crippen LogP contribution in [-0.2, 0) is 5.41 Å². The minimum absolute atomic E-state index is 0.0844. The SMILES string of the molecule is COc1c(OC)c2c(c(Br)c1C(C)C)C(O)[C@@H]1C(C)(C)CCC[C@]21C. The van der Waals surface area contributed by atoms with Gasteiger partial charge in [-0.05, 0) is 40.1 Å². The summed E-state index contributed by atoms with van der Waals surface area (Å²) >= 11 is 3.83. The van der Waals surface area contributed by atoms with E-state index in [1.54, 1.807) is 14.2 Å². The maximum atomic E-state index is 11.4. The Morgan fingerprint density at radius 1 is 1.08 bits per heavy atom. The summed E-state index contributed by atoms with van der Waals surface area (Å²) in [6.45, 7) is 11.2. The summed E-state index contributed by atoms with van der Waals surface area (Å²) < 4.78 is 12.7. The summed E-state index contributed by atoms with van der Waals surface area (Å²) in [5.41, 5.74) is 3.23. The van der Waals surface area contributed by atoms with Crippen molar-refractivity contribution in [2.75, 3.05) is 14.2 Å². The minimum atomic E-state index is -0.484. The third-order valence-corrected chi connectivity index (χ3v) is 7.49. The van der Waals surface area contributed by atoms with Gasteiger partial charge in [0.1, 0.15) is 0 Å². The summed E-state index contributed by atoms with van der Waals surface area (Å²) in [4.78, 5) is 0. The molecule has 0 aliphatic heterocycles. The van der Waals surface area contributed by atoms with Crippen LogP contribution in [0.25, 0.3) is 0 Å². The number of fused-ring (bicyclic) bond motifs is 3. The predicted molar refractivity (Wildman–Crippen MR) is 105 cm³/mol. The number of aliphatic hydroxyl groups excluding tert-OH is 1. The van der Waals surface area contributed by atoms with Crippen molar-refractivity contribution in [3.05, 3.63) is 21.2 Å². The molecule has 0 heterocycles. The standard InChI is InChI=1S/C21H31BrO3/c1-11(2)12-15(22)13-14(18(25-7)17(12)24-6)21(5)10-8-9-20(3,4)19(21)16(13)23/h11,16,19,23H,8-10H2,1-7H3/t16?,19-,21-/m1/s1. The number of hydrogen-bond acceptors (Lipinski definition) is 3. The third kappa shape index (κ3) is 2.47. The highest BCUT2D eigenvalue weighted by molar-refractivity contribution is 9.10. The van der Waals surface area contributed by atoms with Gasteiger partial charge in [0.2, 0.25) is 0 Å². The second-order valence-corrected chi connectivity index (χ2v) is 9.71. The zero-order valence-electron chi connectivity index (χ0n) is 16.5. The molecular formula is C21H31BrO3. The lowest BCUT2D eigenvalue weighted by Crippen LogP contribution is -2.43. The summed E-state index contributed by atoms with van der Waals surface area (Å²) in [6.07, 6.45) is 2.90. The summed E-state index contributed by atoms with van der Waals surface area (Å²) in [7, 11) is 3.42. The normalized spacial score (nSPS) is 30.2. The van der Waals surface area contributed by atoms with Crippen LogP contribution in [-0.4, -0.2) is 19.3 Å². The molecule has 3 atom stereocenters. The van der Waals surface area contributed by atoms with Crippen molar-refractivity contribution in [2.45, 2.75) is 71.3 Å². The summed E-state index contributed by atoms with van der Waals surface area (Å²) in [5.74, 6) is 2.06. The summed E-state index contributed by atoms with van der Waals surface area (Å²) in [6, 6.07) is 0. The molecule has 0 aromatic heterocycles. The number of ether oxygens (including phenoxy) is 2. The molecule has 140 valence electrons. The predicted octanol–water partition coefficient (Wildman–Crippen LogP) is 5.72. The first kappa shape index (κ1) is 19.0. The van der Waals surface area contributed by atoms with Crippen molar-refractivity contribution < 1.29 is 14.6 Å². The zero-order valence-corrected chi connectivity index (χ0v) is 18.1. The second-order valence-electron chi connectivity index (χ2n) is 8.92. The Hall–Kier alpha value is -0.740. The fraction of sp³-hybridized carbons (Fsp3) is 0.714. The molecule has 1 aromatic carbocycles. The van der Waals surface area contributed by atoms with E-state index in [2.05, 4.69) is 50.5 Å². The molecule has 25 heavy (non-hydrogen) atoms. The van der Waals surface area contributed by atoms with E-state index in [1.165, 1.54) is 6.42 Å². The molecular weight excluding hydrogens is 380 g/mol. The highest BCUT2D eigenvalue weighted by atomic mass is 79.9. The molecule has 4 heteroatoms. The van der Waals surface area contributed by atoms with Gasteiger partial charge in [0.25, 0.3) is 0 Å². The van der Waals surface area contributed by atoms with Gasteiger partial charge < -0.3 is 14.6 Å². The topological polar surface area (TPSA) is 38.7 Å². The van der Waals surface area contributed by atoms with E-state index in [0.717, 1.165) is 45.5 Å². The fourth-order valence-corrected chi connectivity index (χ4v) is 6.85. The van der Waals surface area contributed by atoms with Crippen LogP contribution in [0.1, 0.15) is 82.6 Å². The second kappa shape index (κ2) is 6.16. The van der Waals surface area contributed by atoms with Gasteiger partial charge in [0.05, 0.1) is 20.3 Å². The number of rotatable bonds is 3. The van der Waals surface area contributed by atoms with Crippen molar-refractivity contribution in [2.24, 2.45) is 11.3 Å². The highest BCUT2D eigenvalue weighted by Gasteiger charge is 2.59. The quantitative estimate of drug-likeness (QED) is 0.691. The Balaban J connectivity index is 2.40. The molecule has 2 aliphatic rings. The molecule has 1 N–H and O–H groups in total. The number of aliphatic hydroxyl groups is 1. The first-order chi connectivity index (χ1) is 11.6. The minimum Gasteiger partial charge on any atom is -0.493 e. The monoisotopic (exact) mass is 410 g/mol. The molecule has 0 spiro atoms. The smallest absolute Gasteiger partial charge is 0.165 e. The van der Waals surface area contributed by atoms with Crippen LogP contribution in [0.3, 0.4) is 0 Å². The Morgan fingerprint density at radius 2 is 1.68 bits per heavy atom. The van der Waals surface area contributed by atoms with E-state index in [-0.39, 0.29) is 22.7 Å². The highest BCUT2D eigenvalue weighted by Crippen LogP contribution is 2.67. The first-order valence-electron chi connectivity index (χ1n) is 9.27. The van der Waals surface area contributed by atoms with E-state index in [0.29, 0.717) is 0 Å². The lowest BCUT2D eigenvalue weighted by atomic mass is 9.56. The zero-order chi connectivity index (χ0) is 18.7. The van der Waals surface area contributed by atoms with Crippen molar-refractivity contribution in [1.29, 1.82) is 0 Å². The molecule has 0 amide bonds. The number of methoxy groups -OCH3 is 2. The van der Waals surface area contributed by atoms with Gasteiger partial charge in [-0.2, -0.15) is 0 Å². The van der Waals surface area contributed by atoms with Crippen LogP contribution in [0.5, 0.6) is 11.5 Å². The molecule has 1 aromatic rings. The lowest BCUT2D eigenvalue weighted by molar-refractivity contribution is -0.0277. The van der Waals surface area contributed by atoms with Crippen LogP contribution < -0.4 is 9.47 Å². The molecule has 3 rings (SSSR count). The average Bonchev–Trinajstić information content (AvgIpc) is 2.75. The van der Waals surface area contributed by atoms with Crippen LogP contribution >= 0.6 is 15.9 Å². The van der Waals surface area contributed by atoms with Crippen molar-refractivity contribution in [3.8, 4) is 11.5 Å². The maximum Gasteiger partial charge on any atom is 0.165 e. The molecule has 1 fully saturated rings. The molecule has 0 radical (unpaired) electrons. The van der Waals surface area contributed by atoms with E-state index < -0.39 is 6.10 Å². The van der Waals surface area contributed by atoms with E-state index >= 15 is 0 Å². The van der Waals surface area contributed by atoms with Gasteiger partial charge in [0.15, 0.2) is 11.5 Å². The Morgan fingerprint density at radius 3 is 2.20 bits per heavy atom. The van der Waals surface area contributed by atoms with E-state index in [4.69, 9.17) is 9.47 Å².